The second-order valence-electron chi connectivity index (χ2n) is 4.55. The van der Waals surface area contributed by atoms with Crippen LogP contribution in [0.15, 0.2) is 24.3 Å². The summed E-state index contributed by atoms with van der Waals surface area (Å²) in [5.74, 6) is 0. The number of alkyl halides is 3. The van der Waals surface area contributed by atoms with Gasteiger partial charge in [0.2, 0.25) is 0 Å². The fourth-order valence-electron chi connectivity index (χ4n) is 2.26. The lowest BCUT2D eigenvalue weighted by Crippen LogP contribution is -2.35. The monoisotopic (exact) mass is 243 g/mol. The van der Waals surface area contributed by atoms with Crippen molar-refractivity contribution < 1.29 is 13.2 Å². The Morgan fingerprint density at radius 3 is 2.71 bits per heavy atom. The Labute approximate surface area is 99.0 Å². The van der Waals surface area contributed by atoms with Crippen LogP contribution < -0.4 is 5.32 Å². The fraction of sp³-hybridized carbons (Fsp3) is 0.538. The van der Waals surface area contributed by atoms with Crippen molar-refractivity contribution in [2.45, 2.75) is 37.9 Å². The van der Waals surface area contributed by atoms with E-state index in [0.717, 1.165) is 31.0 Å². The molecule has 1 heterocycles. The van der Waals surface area contributed by atoms with Gasteiger partial charge in [0, 0.05) is 6.04 Å². The molecule has 1 saturated heterocycles. The van der Waals surface area contributed by atoms with Crippen LogP contribution in [0.3, 0.4) is 0 Å². The van der Waals surface area contributed by atoms with Gasteiger partial charge in [-0.25, -0.2) is 0 Å². The largest absolute Gasteiger partial charge is 0.416 e. The summed E-state index contributed by atoms with van der Waals surface area (Å²) < 4.78 is 37.6. The van der Waals surface area contributed by atoms with Crippen molar-refractivity contribution in [3.63, 3.8) is 0 Å². The second-order valence-corrected chi connectivity index (χ2v) is 4.55. The van der Waals surface area contributed by atoms with Crippen LogP contribution in [0.2, 0.25) is 0 Å². The Morgan fingerprint density at radius 1 is 1.24 bits per heavy atom. The number of hydrogen-bond acceptors (Lipinski definition) is 1. The van der Waals surface area contributed by atoms with Gasteiger partial charge >= 0.3 is 6.18 Å². The van der Waals surface area contributed by atoms with Crippen molar-refractivity contribution in [3.8, 4) is 0 Å². The van der Waals surface area contributed by atoms with Gasteiger partial charge in [-0.1, -0.05) is 24.6 Å². The highest BCUT2D eigenvalue weighted by molar-refractivity contribution is 5.26. The normalized spacial score (nSPS) is 21.5. The van der Waals surface area contributed by atoms with Gasteiger partial charge in [0.15, 0.2) is 0 Å². The summed E-state index contributed by atoms with van der Waals surface area (Å²) >= 11 is 0. The quantitative estimate of drug-likeness (QED) is 0.839. The molecule has 1 atom stereocenters. The van der Waals surface area contributed by atoms with E-state index in [1.807, 2.05) is 0 Å². The number of rotatable bonds is 2. The summed E-state index contributed by atoms with van der Waals surface area (Å²) in [6.07, 6.45) is -0.175. The number of halogens is 3. The first-order valence-electron chi connectivity index (χ1n) is 5.95. The zero-order valence-corrected chi connectivity index (χ0v) is 9.56. The number of piperidine rings is 1. The Morgan fingerprint density at radius 2 is 2.06 bits per heavy atom. The molecule has 4 heteroatoms. The van der Waals surface area contributed by atoms with Gasteiger partial charge in [0.25, 0.3) is 0 Å². The molecule has 0 saturated carbocycles. The fourth-order valence-corrected chi connectivity index (χ4v) is 2.26. The molecule has 0 aliphatic carbocycles. The maximum atomic E-state index is 12.5. The number of benzene rings is 1. The summed E-state index contributed by atoms with van der Waals surface area (Å²) in [6, 6.07) is 5.97. The van der Waals surface area contributed by atoms with Gasteiger partial charge in [0.1, 0.15) is 0 Å². The Kier molecular flexibility index (Phi) is 3.72. The molecule has 17 heavy (non-hydrogen) atoms. The molecule has 94 valence electrons. The minimum atomic E-state index is -4.24. The number of hydrogen-bond donors (Lipinski definition) is 1. The zero-order valence-electron chi connectivity index (χ0n) is 9.56. The smallest absolute Gasteiger partial charge is 0.314 e. The zero-order chi connectivity index (χ0) is 12.3. The van der Waals surface area contributed by atoms with Crippen molar-refractivity contribution in [2.24, 2.45) is 0 Å². The summed E-state index contributed by atoms with van der Waals surface area (Å²) in [7, 11) is 0. The van der Waals surface area contributed by atoms with Crippen LogP contribution in [0, 0.1) is 0 Å². The van der Waals surface area contributed by atoms with E-state index in [0.29, 0.717) is 12.5 Å². The average Bonchev–Trinajstić information content (AvgIpc) is 2.29. The molecule has 1 aliphatic heterocycles. The van der Waals surface area contributed by atoms with E-state index in [-0.39, 0.29) is 0 Å². The Bertz CT molecular complexity index is 367. The Hall–Kier alpha value is -1.03. The van der Waals surface area contributed by atoms with Crippen LogP contribution in [0.1, 0.15) is 30.4 Å². The second kappa shape index (κ2) is 5.08. The molecule has 1 nitrogen and oxygen atoms in total. The minimum Gasteiger partial charge on any atom is -0.314 e. The molecule has 1 fully saturated rings. The highest BCUT2D eigenvalue weighted by Crippen LogP contribution is 2.29. The lowest BCUT2D eigenvalue weighted by molar-refractivity contribution is -0.137. The van der Waals surface area contributed by atoms with Gasteiger partial charge in [-0.2, -0.15) is 13.2 Å². The van der Waals surface area contributed by atoms with E-state index in [1.165, 1.54) is 18.6 Å². The van der Waals surface area contributed by atoms with Gasteiger partial charge in [0.05, 0.1) is 5.56 Å². The van der Waals surface area contributed by atoms with E-state index in [1.54, 1.807) is 6.07 Å². The van der Waals surface area contributed by atoms with Crippen LogP contribution >= 0.6 is 0 Å². The van der Waals surface area contributed by atoms with Crippen molar-refractivity contribution in [2.75, 3.05) is 6.54 Å². The molecule has 2 rings (SSSR count). The standard InChI is InChI=1S/C13H16F3N/c14-13(15,16)11-5-3-4-10(8-11)9-12-6-1-2-7-17-12/h3-5,8,12,17H,1-2,6-7,9H2/t12-/m1/s1. The molecule has 1 aromatic carbocycles. The van der Waals surface area contributed by atoms with Crippen molar-refractivity contribution in [1.82, 2.24) is 5.32 Å². The van der Waals surface area contributed by atoms with Crippen LogP contribution in [0.25, 0.3) is 0 Å². The van der Waals surface area contributed by atoms with E-state index in [4.69, 9.17) is 0 Å². The molecule has 0 unspecified atom stereocenters. The molecule has 1 aromatic rings. The van der Waals surface area contributed by atoms with E-state index in [9.17, 15) is 13.2 Å². The van der Waals surface area contributed by atoms with Crippen LogP contribution in [0.5, 0.6) is 0 Å². The van der Waals surface area contributed by atoms with E-state index in [2.05, 4.69) is 5.32 Å². The third kappa shape index (κ3) is 3.46. The van der Waals surface area contributed by atoms with Crippen LogP contribution in [-0.2, 0) is 12.6 Å². The van der Waals surface area contributed by atoms with Crippen molar-refractivity contribution >= 4 is 0 Å². The number of nitrogens with one attached hydrogen (secondary N) is 1. The molecule has 0 bridgehead atoms. The third-order valence-corrected chi connectivity index (χ3v) is 3.15. The molecule has 1 aliphatic rings. The maximum absolute atomic E-state index is 12.5. The first kappa shape index (κ1) is 12.4. The topological polar surface area (TPSA) is 12.0 Å². The molecule has 1 N–H and O–H groups in total. The molecule has 0 spiro atoms. The van der Waals surface area contributed by atoms with Crippen LogP contribution in [0.4, 0.5) is 13.2 Å². The van der Waals surface area contributed by atoms with Crippen LogP contribution in [-0.4, -0.2) is 12.6 Å². The van der Waals surface area contributed by atoms with E-state index < -0.39 is 11.7 Å². The highest BCUT2D eigenvalue weighted by Gasteiger charge is 2.30. The first-order chi connectivity index (χ1) is 8.05. The van der Waals surface area contributed by atoms with Gasteiger partial charge < -0.3 is 5.32 Å². The van der Waals surface area contributed by atoms with Gasteiger partial charge in [-0.3, -0.25) is 0 Å². The minimum absolute atomic E-state index is 0.326. The Balaban J connectivity index is 2.05. The summed E-state index contributed by atoms with van der Waals surface area (Å²) in [4.78, 5) is 0. The maximum Gasteiger partial charge on any atom is 0.416 e. The summed E-state index contributed by atoms with van der Waals surface area (Å²) in [6.45, 7) is 0.976. The lowest BCUT2D eigenvalue weighted by Gasteiger charge is -2.23. The summed E-state index contributed by atoms with van der Waals surface area (Å²) in [5.41, 5.74) is 0.213. The third-order valence-electron chi connectivity index (χ3n) is 3.15. The predicted octanol–water partition coefficient (Wildman–Crippen LogP) is 3.39. The average molecular weight is 243 g/mol. The van der Waals surface area contributed by atoms with Crippen molar-refractivity contribution in [1.29, 1.82) is 0 Å². The molecular formula is C13H16F3N. The molecule has 0 amide bonds. The SMILES string of the molecule is FC(F)(F)c1cccc(C[C@H]2CCCCN2)c1. The molecular weight excluding hydrogens is 227 g/mol. The summed E-state index contributed by atoms with van der Waals surface area (Å²) in [5, 5.41) is 3.34. The van der Waals surface area contributed by atoms with Crippen molar-refractivity contribution in [3.05, 3.63) is 35.4 Å². The predicted molar refractivity (Wildman–Crippen MR) is 60.8 cm³/mol. The lowest BCUT2D eigenvalue weighted by atomic mass is 9.97. The van der Waals surface area contributed by atoms with Gasteiger partial charge in [-0.15, -0.1) is 0 Å². The molecule has 0 radical (unpaired) electrons. The first-order valence-corrected chi connectivity index (χ1v) is 5.95. The van der Waals surface area contributed by atoms with E-state index >= 15 is 0 Å². The van der Waals surface area contributed by atoms with Gasteiger partial charge in [-0.05, 0) is 37.4 Å². The molecule has 0 aromatic heterocycles. The highest BCUT2D eigenvalue weighted by atomic mass is 19.4.